The molecule has 1 aliphatic heterocycles. The maximum Gasteiger partial charge on any atom is 0.156 e. The molecule has 1 aromatic heterocycles. The molecule has 1 atom stereocenters. The molecule has 5 nitrogen and oxygen atoms in total. The first-order valence-corrected chi connectivity index (χ1v) is 7.02. The zero-order chi connectivity index (χ0) is 11.8. The van der Waals surface area contributed by atoms with Gasteiger partial charge in [-0.2, -0.15) is 0 Å². The highest BCUT2D eigenvalue weighted by Gasteiger charge is 2.29. The zero-order valence-electron chi connectivity index (χ0n) is 8.80. The van der Waals surface area contributed by atoms with Crippen LogP contribution in [0.4, 0.5) is 5.82 Å². The Balaban J connectivity index is 2.20. The summed E-state index contributed by atoms with van der Waals surface area (Å²) in [7, 11) is -2.94. The van der Waals surface area contributed by atoms with E-state index in [0.29, 0.717) is 24.1 Å². The fourth-order valence-corrected chi connectivity index (χ4v) is 3.07. The van der Waals surface area contributed by atoms with E-state index in [0.717, 1.165) is 0 Å². The molecule has 16 heavy (non-hydrogen) atoms. The van der Waals surface area contributed by atoms with Crippen LogP contribution in [-0.2, 0) is 9.84 Å². The predicted molar refractivity (Wildman–Crippen MR) is 62.5 cm³/mol. The third-order valence-electron chi connectivity index (χ3n) is 2.65. The number of nitrogens with zero attached hydrogens (tertiary/aromatic N) is 3. The normalized spacial score (nSPS) is 24.4. The summed E-state index contributed by atoms with van der Waals surface area (Å²) in [6.45, 7) is 2.60. The smallest absolute Gasteiger partial charge is 0.156 e. The van der Waals surface area contributed by atoms with E-state index in [4.69, 9.17) is 11.6 Å². The summed E-state index contributed by atoms with van der Waals surface area (Å²) < 4.78 is 23.1. The molecular weight excluding hydrogens is 250 g/mol. The topological polar surface area (TPSA) is 63.2 Å². The van der Waals surface area contributed by atoms with Crippen LogP contribution >= 0.6 is 11.6 Å². The second kappa shape index (κ2) is 4.18. The van der Waals surface area contributed by atoms with Crippen LogP contribution in [0.1, 0.15) is 6.92 Å². The van der Waals surface area contributed by atoms with Gasteiger partial charge in [-0.15, -0.1) is 0 Å². The van der Waals surface area contributed by atoms with Crippen LogP contribution in [0.3, 0.4) is 0 Å². The van der Waals surface area contributed by atoms with Crippen molar-refractivity contribution in [3.63, 3.8) is 0 Å². The van der Waals surface area contributed by atoms with Crippen LogP contribution in [0.5, 0.6) is 0 Å². The Bertz CT molecular complexity index is 491. The highest BCUT2D eigenvalue weighted by Crippen LogP contribution is 2.18. The Hall–Kier alpha value is -0.880. The van der Waals surface area contributed by atoms with Gasteiger partial charge in [0.1, 0.15) is 11.0 Å². The fraction of sp³-hybridized carbons (Fsp3) is 0.556. The number of halogens is 1. The van der Waals surface area contributed by atoms with Crippen LogP contribution in [-0.4, -0.2) is 42.5 Å². The first-order chi connectivity index (χ1) is 7.49. The van der Waals surface area contributed by atoms with Gasteiger partial charge < -0.3 is 4.90 Å². The van der Waals surface area contributed by atoms with E-state index in [1.54, 1.807) is 13.1 Å². The van der Waals surface area contributed by atoms with E-state index in [2.05, 4.69) is 9.97 Å². The maximum absolute atomic E-state index is 11.5. The lowest BCUT2D eigenvalue weighted by atomic mass is 10.4. The van der Waals surface area contributed by atoms with Crippen LogP contribution < -0.4 is 4.90 Å². The fourth-order valence-electron chi connectivity index (χ4n) is 1.65. The Morgan fingerprint density at radius 2 is 2.25 bits per heavy atom. The summed E-state index contributed by atoms with van der Waals surface area (Å²) in [6, 6.07) is 0. The van der Waals surface area contributed by atoms with Gasteiger partial charge in [-0.05, 0) is 6.92 Å². The second-order valence-electron chi connectivity index (χ2n) is 3.82. The lowest BCUT2D eigenvalue weighted by molar-refractivity contribution is 0.568. The molecule has 1 aliphatic rings. The standard InChI is InChI=1S/C9H12ClN3O2S/c1-7-6-13(2-3-16(7,14)15)9-5-11-4-8(10)12-9/h4-5,7H,2-3,6H2,1H3. The number of hydrogen-bond acceptors (Lipinski definition) is 5. The largest absolute Gasteiger partial charge is 0.353 e. The van der Waals surface area contributed by atoms with Gasteiger partial charge in [0.2, 0.25) is 0 Å². The van der Waals surface area contributed by atoms with Gasteiger partial charge in [-0.1, -0.05) is 11.6 Å². The van der Waals surface area contributed by atoms with E-state index >= 15 is 0 Å². The Labute approximate surface area is 99.4 Å². The molecule has 0 radical (unpaired) electrons. The van der Waals surface area contributed by atoms with Crippen molar-refractivity contribution < 1.29 is 8.42 Å². The Morgan fingerprint density at radius 1 is 1.50 bits per heavy atom. The SMILES string of the molecule is CC1CN(c2cncc(Cl)n2)CCS1(=O)=O. The predicted octanol–water partition coefficient (Wildman–Crippen LogP) is 0.753. The molecule has 2 rings (SSSR count). The molecule has 0 aliphatic carbocycles. The van der Waals surface area contributed by atoms with Crippen LogP contribution in [0, 0.1) is 0 Å². The lowest BCUT2D eigenvalue weighted by Gasteiger charge is -2.31. The molecule has 0 N–H and O–H groups in total. The Morgan fingerprint density at radius 3 is 2.88 bits per heavy atom. The minimum absolute atomic E-state index is 0.155. The van der Waals surface area contributed by atoms with Gasteiger partial charge in [0, 0.05) is 13.1 Å². The number of rotatable bonds is 1. The molecule has 7 heteroatoms. The minimum atomic E-state index is -2.94. The molecule has 1 fully saturated rings. The molecule has 0 amide bonds. The molecule has 0 saturated carbocycles. The molecule has 1 unspecified atom stereocenters. The van der Waals surface area contributed by atoms with Crippen molar-refractivity contribution in [2.45, 2.75) is 12.2 Å². The van der Waals surface area contributed by atoms with Crippen LogP contribution in [0.15, 0.2) is 12.4 Å². The van der Waals surface area contributed by atoms with Crippen molar-refractivity contribution in [3.8, 4) is 0 Å². The number of sulfone groups is 1. The van der Waals surface area contributed by atoms with Gasteiger partial charge in [-0.3, -0.25) is 4.98 Å². The van der Waals surface area contributed by atoms with E-state index in [-0.39, 0.29) is 11.0 Å². The number of hydrogen-bond donors (Lipinski definition) is 0. The second-order valence-corrected chi connectivity index (χ2v) is 6.75. The number of anilines is 1. The van der Waals surface area contributed by atoms with Crippen molar-refractivity contribution in [2.75, 3.05) is 23.7 Å². The monoisotopic (exact) mass is 261 g/mol. The molecule has 2 heterocycles. The van der Waals surface area contributed by atoms with Crippen molar-refractivity contribution in [2.24, 2.45) is 0 Å². The third kappa shape index (κ3) is 2.27. The number of aromatic nitrogens is 2. The van der Waals surface area contributed by atoms with Gasteiger partial charge in [0.15, 0.2) is 9.84 Å². The van der Waals surface area contributed by atoms with Crippen molar-refractivity contribution in [1.29, 1.82) is 0 Å². The highest BCUT2D eigenvalue weighted by atomic mass is 35.5. The maximum atomic E-state index is 11.5. The first-order valence-electron chi connectivity index (χ1n) is 4.93. The minimum Gasteiger partial charge on any atom is -0.353 e. The summed E-state index contributed by atoms with van der Waals surface area (Å²) >= 11 is 5.74. The van der Waals surface area contributed by atoms with Gasteiger partial charge in [0.05, 0.1) is 23.4 Å². The molecule has 1 aromatic rings. The van der Waals surface area contributed by atoms with Gasteiger partial charge in [-0.25, -0.2) is 13.4 Å². The zero-order valence-corrected chi connectivity index (χ0v) is 10.4. The van der Waals surface area contributed by atoms with Gasteiger partial charge in [0.25, 0.3) is 0 Å². The highest BCUT2D eigenvalue weighted by molar-refractivity contribution is 7.92. The van der Waals surface area contributed by atoms with Crippen LogP contribution in [0.25, 0.3) is 0 Å². The molecule has 0 bridgehead atoms. The molecular formula is C9H12ClN3O2S. The van der Waals surface area contributed by atoms with Crippen molar-refractivity contribution >= 4 is 27.3 Å². The molecule has 0 aromatic carbocycles. The van der Waals surface area contributed by atoms with Crippen molar-refractivity contribution in [1.82, 2.24) is 9.97 Å². The Kier molecular flexibility index (Phi) is 3.03. The van der Waals surface area contributed by atoms with E-state index in [9.17, 15) is 8.42 Å². The molecule has 1 saturated heterocycles. The van der Waals surface area contributed by atoms with E-state index < -0.39 is 9.84 Å². The van der Waals surface area contributed by atoms with Gasteiger partial charge >= 0.3 is 0 Å². The summed E-state index contributed by atoms with van der Waals surface area (Å²) in [6.07, 6.45) is 3.05. The summed E-state index contributed by atoms with van der Waals surface area (Å²) in [5, 5.41) is -0.0550. The average Bonchev–Trinajstić information content (AvgIpc) is 2.22. The first kappa shape index (κ1) is 11.6. The summed E-state index contributed by atoms with van der Waals surface area (Å²) in [4.78, 5) is 9.94. The summed E-state index contributed by atoms with van der Waals surface area (Å²) in [5.74, 6) is 0.789. The third-order valence-corrected chi connectivity index (χ3v) is 4.96. The lowest BCUT2D eigenvalue weighted by Crippen LogP contribution is -2.45. The van der Waals surface area contributed by atoms with Crippen molar-refractivity contribution in [3.05, 3.63) is 17.5 Å². The average molecular weight is 262 g/mol. The van der Waals surface area contributed by atoms with Crippen LogP contribution in [0.2, 0.25) is 5.15 Å². The quantitative estimate of drug-likeness (QED) is 0.747. The van der Waals surface area contributed by atoms with E-state index in [1.165, 1.54) is 6.20 Å². The molecule has 0 spiro atoms. The summed E-state index contributed by atoms with van der Waals surface area (Å²) in [5.41, 5.74) is 0. The molecule has 88 valence electrons. The van der Waals surface area contributed by atoms with E-state index in [1.807, 2.05) is 4.90 Å².